The van der Waals surface area contributed by atoms with Gasteiger partial charge in [-0.25, -0.2) is 17.5 Å². The number of sulfonamides is 1. The third-order valence-electron chi connectivity index (χ3n) is 5.10. The van der Waals surface area contributed by atoms with Crippen molar-refractivity contribution >= 4 is 10.0 Å². The zero-order valence-corrected chi connectivity index (χ0v) is 17.6. The number of rotatable bonds is 9. The molecule has 0 aromatic heterocycles. The topological polar surface area (TPSA) is 67.9 Å². The Morgan fingerprint density at radius 1 is 1.07 bits per heavy atom. The van der Waals surface area contributed by atoms with E-state index in [0.29, 0.717) is 13.0 Å². The first-order valence-electron chi connectivity index (χ1n) is 9.64. The lowest BCUT2D eigenvalue weighted by Crippen LogP contribution is -2.32. The van der Waals surface area contributed by atoms with Gasteiger partial charge < -0.3 is 9.47 Å². The molecule has 0 atom stereocenters. The molecule has 2 aromatic carbocycles. The fourth-order valence-corrected chi connectivity index (χ4v) is 4.62. The van der Waals surface area contributed by atoms with Crippen molar-refractivity contribution in [2.45, 2.75) is 30.7 Å². The first kappa shape index (κ1) is 21.5. The molecule has 0 amide bonds. The van der Waals surface area contributed by atoms with Crippen molar-refractivity contribution < 1.29 is 22.3 Å². The molecule has 1 aliphatic heterocycles. The average Bonchev–Trinajstić information content (AvgIpc) is 2.72. The van der Waals surface area contributed by atoms with E-state index in [2.05, 4.69) is 9.62 Å². The molecule has 1 N–H and O–H groups in total. The molecule has 6 nitrogen and oxygen atoms in total. The summed E-state index contributed by atoms with van der Waals surface area (Å²) in [5.74, 6) is 0.928. The lowest BCUT2D eigenvalue weighted by Gasteiger charge is -2.29. The van der Waals surface area contributed by atoms with E-state index in [1.165, 1.54) is 29.3 Å². The molecular formula is C21H27FN2O4S. The molecule has 0 saturated carbocycles. The van der Waals surface area contributed by atoms with Gasteiger partial charge in [-0.05, 0) is 67.3 Å². The number of hydrogen-bond donors (Lipinski definition) is 1. The van der Waals surface area contributed by atoms with Crippen molar-refractivity contribution in [3.8, 4) is 11.5 Å². The second kappa shape index (κ2) is 9.56. The highest BCUT2D eigenvalue weighted by atomic mass is 32.2. The maximum Gasteiger partial charge on any atom is 0.240 e. The fourth-order valence-electron chi connectivity index (χ4n) is 3.52. The number of methoxy groups -OCH3 is 2. The van der Waals surface area contributed by atoms with Gasteiger partial charge in [0.05, 0.1) is 19.1 Å². The molecular weight excluding hydrogens is 395 g/mol. The summed E-state index contributed by atoms with van der Waals surface area (Å²) < 4.78 is 50.9. The Labute approximate surface area is 171 Å². The maximum absolute atomic E-state index is 13.2. The SMILES string of the molecule is COc1cc2c(cc1OC)CN(CCCCNS(=O)(=O)c1cccc(F)c1)CC2. The molecule has 0 fully saturated rings. The molecule has 1 aliphatic rings. The van der Waals surface area contributed by atoms with Gasteiger partial charge in [0.15, 0.2) is 11.5 Å². The van der Waals surface area contributed by atoms with E-state index < -0.39 is 15.8 Å². The molecule has 0 radical (unpaired) electrons. The number of fused-ring (bicyclic) bond motifs is 1. The van der Waals surface area contributed by atoms with Gasteiger partial charge in [-0.3, -0.25) is 4.90 Å². The average molecular weight is 423 g/mol. The van der Waals surface area contributed by atoms with E-state index in [0.717, 1.165) is 50.0 Å². The van der Waals surface area contributed by atoms with Crippen LogP contribution in [0.4, 0.5) is 4.39 Å². The van der Waals surface area contributed by atoms with Gasteiger partial charge >= 0.3 is 0 Å². The number of nitrogens with zero attached hydrogens (tertiary/aromatic N) is 1. The monoisotopic (exact) mass is 422 g/mol. The summed E-state index contributed by atoms with van der Waals surface area (Å²) in [6.07, 6.45) is 2.53. The van der Waals surface area contributed by atoms with Crippen LogP contribution in [-0.4, -0.2) is 47.2 Å². The second-order valence-electron chi connectivity index (χ2n) is 7.06. The van der Waals surface area contributed by atoms with Gasteiger partial charge in [0.1, 0.15) is 5.82 Å². The molecule has 2 aromatic rings. The Balaban J connectivity index is 1.46. The molecule has 0 aliphatic carbocycles. The van der Waals surface area contributed by atoms with Crippen LogP contribution in [0.3, 0.4) is 0 Å². The Morgan fingerprint density at radius 3 is 2.48 bits per heavy atom. The van der Waals surface area contributed by atoms with Gasteiger partial charge in [0.2, 0.25) is 10.0 Å². The zero-order valence-electron chi connectivity index (χ0n) is 16.8. The van der Waals surface area contributed by atoms with Crippen molar-refractivity contribution in [3.05, 3.63) is 53.3 Å². The highest BCUT2D eigenvalue weighted by molar-refractivity contribution is 7.89. The summed E-state index contributed by atoms with van der Waals surface area (Å²) in [7, 11) is -0.396. The van der Waals surface area contributed by atoms with E-state index in [1.807, 2.05) is 12.1 Å². The predicted molar refractivity (Wildman–Crippen MR) is 109 cm³/mol. The first-order chi connectivity index (χ1) is 13.9. The van der Waals surface area contributed by atoms with Crippen molar-refractivity contribution in [1.82, 2.24) is 9.62 Å². The van der Waals surface area contributed by atoms with Gasteiger partial charge in [0.25, 0.3) is 0 Å². The Morgan fingerprint density at radius 2 is 1.79 bits per heavy atom. The minimum Gasteiger partial charge on any atom is -0.493 e. The highest BCUT2D eigenvalue weighted by Gasteiger charge is 2.19. The third kappa shape index (κ3) is 5.46. The van der Waals surface area contributed by atoms with Crippen molar-refractivity contribution in [2.75, 3.05) is 33.9 Å². The third-order valence-corrected chi connectivity index (χ3v) is 6.56. The number of unbranched alkanes of at least 4 members (excludes halogenated alkanes) is 1. The van der Waals surface area contributed by atoms with Crippen LogP contribution in [-0.2, 0) is 23.0 Å². The smallest absolute Gasteiger partial charge is 0.240 e. The molecule has 29 heavy (non-hydrogen) atoms. The number of nitrogens with one attached hydrogen (secondary N) is 1. The number of benzene rings is 2. The summed E-state index contributed by atoms with van der Waals surface area (Å²) in [6, 6.07) is 9.11. The van der Waals surface area contributed by atoms with Gasteiger partial charge in [-0.1, -0.05) is 6.07 Å². The van der Waals surface area contributed by atoms with Crippen LogP contribution < -0.4 is 14.2 Å². The van der Waals surface area contributed by atoms with Crippen LogP contribution >= 0.6 is 0 Å². The van der Waals surface area contributed by atoms with E-state index in [9.17, 15) is 12.8 Å². The first-order valence-corrected chi connectivity index (χ1v) is 11.1. The Hall–Kier alpha value is -2.16. The normalized spacial score (nSPS) is 14.4. The standard InChI is InChI=1S/C21H27FN2O4S/c1-27-20-12-16-8-11-24(15-17(16)13-21(20)28-2)10-4-3-9-23-29(25,26)19-7-5-6-18(22)14-19/h5-7,12-14,23H,3-4,8-11,15H2,1-2H3. The van der Waals surface area contributed by atoms with Crippen molar-refractivity contribution in [2.24, 2.45) is 0 Å². The molecule has 0 saturated heterocycles. The van der Waals surface area contributed by atoms with Crippen LogP contribution in [0, 0.1) is 5.82 Å². The fraction of sp³-hybridized carbons (Fsp3) is 0.429. The predicted octanol–water partition coefficient (Wildman–Crippen LogP) is 2.96. The van der Waals surface area contributed by atoms with E-state index >= 15 is 0 Å². The molecule has 1 heterocycles. The molecule has 0 unspecified atom stereocenters. The van der Waals surface area contributed by atoms with E-state index in [-0.39, 0.29) is 4.90 Å². The number of ether oxygens (including phenoxy) is 2. The molecule has 0 bridgehead atoms. The van der Waals surface area contributed by atoms with Crippen LogP contribution in [0.25, 0.3) is 0 Å². The molecule has 3 rings (SSSR count). The maximum atomic E-state index is 13.2. The minimum absolute atomic E-state index is 0.0467. The van der Waals surface area contributed by atoms with Gasteiger partial charge in [-0.15, -0.1) is 0 Å². The van der Waals surface area contributed by atoms with Crippen LogP contribution in [0.1, 0.15) is 24.0 Å². The lowest BCUT2D eigenvalue weighted by molar-refractivity contribution is 0.248. The van der Waals surface area contributed by atoms with Crippen molar-refractivity contribution in [1.29, 1.82) is 0 Å². The van der Waals surface area contributed by atoms with Crippen LogP contribution in [0.2, 0.25) is 0 Å². The molecule has 158 valence electrons. The minimum atomic E-state index is -3.67. The van der Waals surface area contributed by atoms with Crippen LogP contribution in [0.5, 0.6) is 11.5 Å². The lowest BCUT2D eigenvalue weighted by atomic mass is 9.98. The van der Waals surface area contributed by atoms with Crippen LogP contribution in [0.15, 0.2) is 41.3 Å². The summed E-state index contributed by atoms with van der Waals surface area (Å²) in [5, 5.41) is 0. The Kier molecular flexibility index (Phi) is 7.10. The quantitative estimate of drug-likeness (QED) is 0.630. The summed E-state index contributed by atoms with van der Waals surface area (Å²) >= 11 is 0. The highest BCUT2D eigenvalue weighted by Crippen LogP contribution is 2.33. The molecule has 0 spiro atoms. The zero-order chi connectivity index (χ0) is 20.9. The summed E-state index contributed by atoms with van der Waals surface area (Å²) in [4.78, 5) is 2.31. The molecule has 8 heteroatoms. The largest absolute Gasteiger partial charge is 0.493 e. The van der Waals surface area contributed by atoms with Crippen molar-refractivity contribution in [3.63, 3.8) is 0 Å². The second-order valence-corrected chi connectivity index (χ2v) is 8.83. The van der Waals surface area contributed by atoms with E-state index in [1.54, 1.807) is 14.2 Å². The Bertz CT molecular complexity index is 950. The van der Waals surface area contributed by atoms with Gasteiger partial charge in [0, 0.05) is 19.6 Å². The van der Waals surface area contributed by atoms with Gasteiger partial charge in [-0.2, -0.15) is 0 Å². The van der Waals surface area contributed by atoms with E-state index in [4.69, 9.17) is 9.47 Å². The summed E-state index contributed by atoms with van der Waals surface area (Å²) in [6.45, 7) is 3.01. The summed E-state index contributed by atoms with van der Waals surface area (Å²) in [5.41, 5.74) is 2.52. The number of hydrogen-bond acceptors (Lipinski definition) is 5. The number of halogens is 1.